The normalized spacial score (nSPS) is 19.4. The summed E-state index contributed by atoms with van der Waals surface area (Å²) in [7, 11) is 1.80. The fourth-order valence-electron chi connectivity index (χ4n) is 5.28. The molecule has 7 nitrogen and oxygen atoms in total. The van der Waals surface area contributed by atoms with Gasteiger partial charge >= 0.3 is 0 Å². The van der Waals surface area contributed by atoms with Crippen LogP contribution in [0.25, 0.3) is 11.3 Å². The highest BCUT2D eigenvalue weighted by molar-refractivity contribution is 7.97. The fourth-order valence-corrected chi connectivity index (χ4v) is 7.11. The fraction of sp³-hybridized carbons (Fsp3) is 0.258. The monoisotopic (exact) mass is 568 g/mol. The van der Waals surface area contributed by atoms with Crippen LogP contribution >= 0.6 is 24.6 Å². The van der Waals surface area contributed by atoms with Gasteiger partial charge in [-0.15, -0.1) is 0 Å². The molecule has 6 rings (SSSR count). The Morgan fingerprint density at radius 1 is 1.02 bits per heavy atom. The number of carbonyl (C=O) groups is 1. The van der Waals surface area contributed by atoms with Crippen LogP contribution in [0.15, 0.2) is 96.4 Å². The largest absolute Gasteiger partial charge is 0.338 e. The molecule has 2 atom stereocenters. The summed E-state index contributed by atoms with van der Waals surface area (Å²) >= 11 is 6.50. The summed E-state index contributed by atoms with van der Waals surface area (Å²) < 4.78 is 4.13. The minimum absolute atomic E-state index is 0.128. The molecule has 204 valence electrons. The van der Waals surface area contributed by atoms with Gasteiger partial charge in [-0.05, 0) is 42.7 Å². The van der Waals surface area contributed by atoms with Crippen LogP contribution in [0, 0.1) is 0 Å². The number of nitrogens with one attached hydrogen (secondary N) is 1. The van der Waals surface area contributed by atoms with E-state index < -0.39 is 0 Å². The molecular formula is C31H32N6OS2. The number of aromatic nitrogens is 3. The van der Waals surface area contributed by atoms with E-state index in [4.69, 9.17) is 17.7 Å². The number of para-hydroxylation sites is 1. The molecular weight excluding hydrogens is 537 g/mol. The first-order valence-electron chi connectivity index (χ1n) is 13.5. The second-order valence-electron chi connectivity index (χ2n) is 10.2. The smallest absolute Gasteiger partial charge is 0.265 e. The van der Waals surface area contributed by atoms with Gasteiger partial charge in [-0.3, -0.25) is 19.0 Å². The van der Waals surface area contributed by atoms with E-state index in [-0.39, 0.29) is 17.2 Å². The topological polar surface area (TPSA) is 66.3 Å². The Morgan fingerprint density at radius 3 is 2.50 bits per heavy atom. The average molecular weight is 569 g/mol. The Morgan fingerprint density at radius 2 is 1.77 bits per heavy atom. The summed E-state index contributed by atoms with van der Waals surface area (Å²) in [5, 5.41) is 9.37. The molecule has 1 aliphatic carbocycles. The summed E-state index contributed by atoms with van der Waals surface area (Å²) in [5.74, 6) is 1.09. The average Bonchev–Trinajstić information content (AvgIpc) is 3.27. The number of fused-ring (bicyclic) bond motifs is 1. The van der Waals surface area contributed by atoms with Crippen LogP contribution in [-0.2, 0) is 6.54 Å². The summed E-state index contributed by atoms with van der Waals surface area (Å²) in [6, 6.07) is 24.3. The molecule has 0 radical (unpaired) electrons. The second-order valence-corrected chi connectivity index (χ2v) is 11.8. The Hall–Kier alpha value is -3.69. The van der Waals surface area contributed by atoms with Crippen molar-refractivity contribution in [3.8, 4) is 11.3 Å². The van der Waals surface area contributed by atoms with E-state index in [1.54, 1.807) is 30.1 Å². The number of rotatable bonds is 6. The van der Waals surface area contributed by atoms with Gasteiger partial charge in [0.05, 0.1) is 18.3 Å². The zero-order valence-electron chi connectivity index (χ0n) is 22.4. The summed E-state index contributed by atoms with van der Waals surface area (Å²) in [6.07, 6.45) is 6.17. The first-order valence-corrected chi connectivity index (χ1v) is 14.8. The van der Waals surface area contributed by atoms with Gasteiger partial charge in [0.15, 0.2) is 5.82 Å². The van der Waals surface area contributed by atoms with Gasteiger partial charge in [-0.2, -0.15) is 17.7 Å². The molecule has 1 unspecified atom stereocenters. The quantitative estimate of drug-likeness (QED) is 0.196. The molecule has 1 amide bonds. The molecule has 0 bridgehead atoms. The molecule has 3 heterocycles. The van der Waals surface area contributed by atoms with E-state index in [2.05, 4.69) is 45.5 Å². The van der Waals surface area contributed by atoms with Gasteiger partial charge in [-0.25, -0.2) is 4.68 Å². The molecule has 40 heavy (non-hydrogen) atoms. The van der Waals surface area contributed by atoms with Crippen molar-refractivity contribution in [2.75, 3.05) is 12.4 Å². The van der Waals surface area contributed by atoms with Gasteiger partial charge in [-0.1, -0.05) is 68.0 Å². The highest BCUT2D eigenvalue weighted by Gasteiger charge is 2.39. The summed E-state index contributed by atoms with van der Waals surface area (Å²) in [6.45, 7) is 4.86. The predicted molar refractivity (Wildman–Crippen MR) is 165 cm³/mol. The number of anilines is 2. The van der Waals surface area contributed by atoms with Crippen molar-refractivity contribution in [2.24, 2.45) is 0 Å². The maximum absolute atomic E-state index is 13.9. The maximum Gasteiger partial charge on any atom is 0.265 e. The van der Waals surface area contributed by atoms with E-state index in [1.807, 2.05) is 53.2 Å². The lowest BCUT2D eigenvalue weighted by Gasteiger charge is -2.39. The standard InChI is InChI=1S/C31H32N6OS2/c1-21-35(2)30(38)28-29(33-24-10-4-3-5-11-24)34-36(31(28)40-37(21)26-13-6-7-14-27(26)39)20-22-15-17-23(18-16-22)25-12-8-9-19-32-25/h3-5,8-12,15-19,26-27,39H,1,6-7,13-14,20H2,2H3,(H,33,34)/t26-,27?/m0/s1. The number of benzene rings is 2. The molecule has 1 aliphatic heterocycles. The van der Waals surface area contributed by atoms with Crippen molar-refractivity contribution >= 4 is 42.0 Å². The molecule has 1 saturated carbocycles. The van der Waals surface area contributed by atoms with Gasteiger partial charge in [0.25, 0.3) is 5.91 Å². The highest BCUT2D eigenvalue weighted by atomic mass is 32.2. The van der Waals surface area contributed by atoms with Gasteiger partial charge in [0.2, 0.25) is 0 Å². The molecule has 9 heteroatoms. The molecule has 4 aromatic rings. The van der Waals surface area contributed by atoms with E-state index >= 15 is 0 Å². The van der Waals surface area contributed by atoms with Gasteiger partial charge < -0.3 is 5.32 Å². The van der Waals surface area contributed by atoms with Crippen molar-refractivity contribution in [3.63, 3.8) is 0 Å². The van der Waals surface area contributed by atoms with Crippen LogP contribution < -0.4 is 5.32 Å². The van der Waals surface area contributed by atoms with Crippen LogP contribution in [0.1, 0.15) is 41.6 Å². The number of amides is 1. The Bertz CT molecular complexity index is 1510. The molecule has 0 saturated heterocycles. The predicted octanol–water partition coefficient (Wildman–Crippen LogP) is 6.84. The SMILES string of the molecule is C=C1N(C)C(=O)c2c(Nc3ccccc3)nn(Cc3ccc(-c4ccccn4)cc3)c2SN1[C@H]1CCCCC1S. The molecule has 2 aromatic heterocycles. The number of carbonyl (C=O) groups excluding carboxylic acids is 1. The van der Waals surface area contributed by atoms with E-state index in [1.165, 1.54) is 6.42 Å². The lowest BCUT2D eigenvalue weighted by Crippen LogP contribution is -2.42. The zero-order chi connectivity index (χ0) is 27.6. The molecule has 1 N–H and O–H groups in total. The van der Waals surface area contributed by atoms with Crippen LogP contribution in [0.3, 0.4) is 0 Å². The van der Waals surface area contributed by atoms with Gasteiger partial charge in [0, 0.05) is 41.7 Å². The van der Waals surface area contributed by atoms with Crippen molar-refractivity contribution in [1.29, 1.82) is 0 Å². The van der Waals surface area contributed by atoms with Gasteiger partial charge in [0.1, 0.15) is 16.4 Å². The molecule has 2 aromatic carbocycles. The van der Waals surface area contributed by atoms with E-state index in [0.717, 1.165) is 46.8 Å². The Labute approximate surface area is 244 Å². The van der Waals surface area contributed by atoms with Crippen molar-refractivity contribution in [3.05, 3.63) is 103 Å². The van der Waals surface area contributed by atoms with Crippen LogP contribution in [0.4, 0.5) is 11.5 Å². The third-order valence-corrected chi connectivity index (χ3v) is 9.40. The minimum Gasteiger partial charge on any atom is -0.338 e. The van der Waals surface area contributed by atoms with Crippen LogP contribution in [0.2, 0.25) is 0 Å². The van der Waals surface area contributed by atoms with Crippen molar-refractivity contribution < 1.29 is 4.79 Å². The number of hydrogen-bond acceptors (Lipinski definition) is 7. The maximum atomic E-state index is 13.9. The lowest BCUT2D eigenvalue weighted by molar-refractivity contribution is 0.0806. The van der Waals surface area contributed by atoms with Crippen molar-refractivity contribution in [1.82, 2.24) is 24.0 Å². The molecule has 0 spiro atoms. The Balaban J connectivity index is 1.40. The molecule has 2 aliphatic rings. The minimum atomic E-state index is -0.128. The van der Waals surface area contributed by atoms with E-state index in [0.29, 0.717) is 23.7 Å². The van der Waals surface area contributed by atoms with Crippen LogP contribution in [0.5, 0.6) is 0 Å². The Kier molecular flexibility index (Phi) is 7.58. The van der Waals surface area contributed by atoms with Crippen LogP contribution in [-0.4, -0.2) is 48.2 Å². The first-order chi connectivity index (χ1) is 19.5. The highest BCUT2D eigenvalue weighted by Crippen LogP contribution is 2.43. The zero-order valence-corrected chi connectivity index (χ0v) is 24.1. The third-order valence-electron chi connectivity index (χ3n) is 7.53. The number of thiol groups is 1. The van der Waals surface area contributed by atoms with E-state index in [9.17, 15) is 4.79 Å². The first kappa shape index (κ1) is 26.5. The number of pyridine rings is 1. The third kappa shape index (κ3) is 5.23. The second kappa shape index (κ2) is 11.4. The van der Waals surface area contributed by atoms with Crippen molar-refractivity contribution in [2.45, 2.75) is 48.5 Å². The summed E-state index contributed by atoms with van der Waals surface area (Å²) in [5.41, 5.74) is 4.50. The molecule has 1 fully saturated rings. The summed E-state index contributed by atoms with van der Waals surface area (Å²) in [4.78, 5) is 20.1. The lowest BCUT2D eigenvalue weighted by atomic mass is 9.95. The number of nitrogens with zero attached hydrogens (tertiary/aromatic N) is 5. The number of hydrogen-bond donors (Lipinski definition) is 2.